The molecule has 26 heavy (non-hydrogen) atoms. The summed E-state index contributed by atoms with van der Waals surface area (Å²) in [6, 6.07) is 14.0. The van der Waals surface area contributed by atoms with Crippen LogP contribution in [0.3, 0.4) is 0 Å². The molecular formula is C19H21N3O4. The Hall–Kier alpha value is -3.22. The molecule has 0 spiro atoms. The van der Waals surface area contributed by atoms with E-state index in [4.69, 9.17) is 9.47 Å². The normalized spacial score (nSPS) is 14.5. The monoisotopic (exact) mass is 355 g/mol. The van der Waals surface area contributed by atoms with E-state index in [2.05, 4.69) is 10.6 Å². The number of amides is 2. The van der Waals surface area contributed by atoms with Gasteiger partial charge < -0.3 is 20.1 Å². The Morgan fingerprint density at radius 2 is 1.96 bits per heavy atom. The van der Waals surface area contributed by atoms with Crippen molar-refractivity contribution in [2.75, 3.05) is 35.8 Å². The van der Waals surface area contributed by atoms with Crippen LogP contribution in [0.4, 0.5) is 21.9 Å². The number of carbonyl (C=O) groups is 2. The van der Waals surface area contributed by atoms with Gasteiger partial charge >= 0.3 is 6.09 Å². The van der Waals surface area contributed by atoms with Gasteiger partial charge in [-0.25, -0.2) is 4.79 Å². The molecule has 7 heteroatoms. The number of nitrogens with zero attached hydrogens (tertiary/aromatic N) is 1. The second kappa shape index (κ2) is 7.77. The summed E-state index contributed by atoms with van der Waals surface area (Å²) in [6.07, 6.45) is -0.354. The SMILES string of the molecule is COc1ccc(NC(=O)C(C)Nc2cccc(N3CCOC3=O)c2)cc1. The van der Waals surface area contributed by atoms with Crippen LogP contribution in [0.5, 0.6) is 5.75 Å². The Kier molecular flexibility index (Phi) is 5.26. The van der Waals surface area contributed by atoms with Crippen LogP contribution < -0.4 is 20.3 Å². The first-order chi connectivity index (χ1) is 12.6. The van der Waals surface area contributed by atoms with E-state index in [1.54, 1.807) is 43.2 Å². The van der Waals surface area contributed by atoms with E-state index < -0.39 is 6.04 Å². The number of benzene rings is 2. The van der Waals surface area contributed by atoms with Gasteiger partial charge in [-0.3, -0.25) is 9.69 Å². The highest BCUT2D eigenvalue weighted by Gasteiger charge is 2.23. The maximum atomic E-state index is 12.4. The average molecular weight is 355 g/mol. The van der Waals surface area contributed by atoms with Crippen molar-refractivity contribution in [2.45, 2.75) is 13.0 Å². The molecule has 1 aliphatic heterocycles. The van der Waals surface area contributed by atoms with E-state index in [1.807, 2.05) is 24.3 Å². The van der Waals surface area contributed by atoms with Gasteiger partial charge in [-0.15, -0.1) is 0 Å². The van der Waals surface area contributed by atoms with E-state index >= 15 is 0 Å². The van der Waals surface area contributed by atoms with Crippen LogP contribution in [-0.4, -0.2) is 38.3 Å². The van der Waals surface area contributed by atoms with Gasteiger partial charge in [-0.05, 0) is 49.4 Å². The van der Waals surface area contributed by atoms with Crippen LogP contribution in [0.15, 0.2) is 48.5 Å². The molecule has 1 unspecified atom stereocenters. The van der Waals surface area contributed by atoms with Gasteiger partial charge in [0, 0.05) is 17.1 Å². The first-order valence-electron chi connectivity index (χ1n) is 8.32. The molecule has 3 rings (SSSR count). The van der Waals surface area contributed by atoms with Crippen LogP contribution in [-0.2, 0) is 9.53 Å². The lowest BCUT2D eigenvalue weighted by atomic mass is 10.2. The fraction of sp³-hybridized carbons (Fsp3) is 0.263. The van der Waals surface area contributed by atoms with Gasteiger partial charge in [-0.1, -0.05) is 6.07 Å². The van der Waals surface area contributed by atoms with Crippen molar-refractivity contribution in [1.29, 1.82) is 0 Å². The molecule has 0 saturated carbocycles. The molecule has 2 amide bonds. The Morgan fingerprint density at radius 3 is 2.62 bits per heavy atom. The number of hydrogen-bond donors (Lipinski definition) is 2. The molecule has 2 aromatic carbocycles. The van der Waals surface area contributed by atoms with Gasteiger partial charge in [0.05, 0.1) is 13.7 Å². The molecule has 1 aliphatic rings. The van der Waals surface area contributed by atoms with Gasteiger partial charge in [0.2, 0.25) is 5.91 Å². The van der Waals surface area contributed by atoms with Crippen molar-refractivity contribution in [3.63, 3.8) is 0 Å². The van der Waals surface area contributed by atoms with Crippen molar-refractivity contribution >= 4 is 29.1 Å². The minimum atomic E-state index is -0.460. The summed E-state index contributed by atoms with van der Waals surface area (Å²) in [5, 5.41) is 6.00. The number of anilines is 3. The van der Waals surface area contributed by atoms with Crippen molar-refractivity contribution in [2.24, 2.45) is 0 Å². The number of cyclic esters (lactones) is 1. The molecule has 0 radical (unpaired) electrons. The predicted octanol–water partition coefficient (Wildman–Crippen LogP) is 3.09. The minimum absolute atomic E-state index is 0.166. The average Bonchev–Trinajstić information content (AvgIpc) is 3.08. The minimum Gasteiger partial charge on any atom is -0.497 e. The van der Waals surface area contributed by atoms with Crippen LogP contribution >= 0.6 is 0 Å². The van der Waals surface area contributed by atoms with Gasteiger partial charge in [0.25, 0.3) is 0 Å². The molecule has 136 valence electrons. The third kappa shape index (κ3) is 4.05. The fourth-order valence-electron chi connectivity index (χ4n) is 2.63. The highest BCUT2D eigenvalue weighted by molar-refractivity contribution is 5.96. The van der Waals surface area contributed by atoms with Gasteiger partial charge in [0.15, 0.2) is 0 Å². The maximum Gasteiger partial charge on any atom is 0.414 e. The lowest BCUT2D eigenvalue weighted by molar-refractivity contribution is -0.116. The summed E-state index contributed by atoms with van der Waals surface area (Å²) < 4.78 is 10.1. The molecule has 2 aromatic rings. The van der Waals surface area contributed by atoms with Crippen molar-refractivity contribution in [3.8, 4) is 5.75 Å². The highest BCUT2D eigenvalue weighted by Crippen LogP contribution is 2.23. The summed E-state index contributed by atoms with van der Waals surface area (Å²) in [5.74, 6) is 0.563. The fourth-order valence-corrected chi connectivity index (χ4v) is 2.63. The van der Waals surface area contributed by atoms with Crippen LogP contribution in [0.25, 0.3) is 0 Å². The van der Waals surface area contributed by atoms with E-state index in [1.165, 1.54) is 0 Å². The quantitative estimate of drug-likeness (QED) is 0.832. The van der Waals surface area contributed by atoms with Gasteiger partial charge in [0.1, 0.15) is 18.4 Å². The molecule has 0 aliphatic carbocycles. The molecule has 1 fully saturated rings. The summed E-state index contributed by atoms with van der Waals surface area (Å²) in [4.78, 5) is 25.6. The topological polar surface area (TPSA) is 79.9 Å². The van der Waals surface area contributed by atoms with Crippen molar-refractivity contribution < 1.29 is 19.1 Å². The molecule has 2 N–H and O–H groups in total. The zero-order valence-corrected chi connectivity index (χ0v) is 14.7. The first kappa shape index (κ1) is 17.6. The summed E-state index contributed by atoms with van der Waals surface area (Å²) in [6.45, 7) is 2.68. The van der Waals surface area contributed by atoms with E-state index in [-0.39, 0.29) is 12.0 Å². The number of methoxy groups -OCH3 is 1. The van der Waals surface area contributed by atoms with Crippen molar-refractivity contribution in [1.82, 2.24) is 0 Å². The Labute approximate surface area is 151 Å². The highest BCUT2D eigenvalue weighted by atomic mass is 16.6. The maximum absolute atomic E-state index is 12.4. The summed E-state index contributed by atoms with van der Waals surface area (Å²) in [7, 11) is 1.59. The molecule has 1 saturated heterocycles. The zero-order chi connectivity index (χ0) is 18.5. The second-order valence-corrected chi connectivity index (χ2v) is 5.90. The largest absolute Gasteiger partial charge is 0.497 e. The van der Waals surface area contributed by atoms with Crippen molar-refractivity contribution in [3.05, 3.63) is 48.5 Å². The molecular weight excluding hydrogens is 334 g/mol. The number of nitrogens with one attached hydrogen (secondary N) is 2. The van der Waals surface area contributed by atoms with E-state index in [0.29, 0.717) is 18.8 Å². The third-order valence-corrected chi connectivity index (χ3v) is 4.05. The van der Waals surface area contributed by atoms with Crippen LogP contribution in [0.2, 0.25) is 0 Å². The lowest BCUT2D eigenvalue weighted by Gasteiger charge is -2.18. The first-order valence-corrected chi connectivity index (χ1v) is 8.32. The predicted molar refractivity (Wildman–Crippen MR) is 99.8 cm³/mol. The lowest BCUT2D eigenvalue weighted by Crippen LogP contribution is -2.32. The number of rotatable bonds is 6. The van der Waals surface area contributed by atoms with E-state index in [0.717, 1.165) is 17.1 Å². The molecule has 7 nitrogen and oxygen atoms in total. The molecule has 1 heterocycles. The van der Waals surface area contributed by atoms with Crippen LogP contribution in [0.1, 0.15) is 6.92 Å². The Bertz CT molecular complexity index is 792. The number of carbonyl (C=O) groups excluding carboxylic acids is 2. The Balaban J connectivity index is 1.62. The molecule has 0 aromatic heterocycles. The van der Waals surface area contributed by atoms with Gasteiger partial charge in [-0.2, -0.15) is 0 Å². The Morgan fingerprint density at radius 1 is 1.19 bits per heavy atom. The van der Waals surface area contributed by atoms with Crippen LogP contribution in [0, 0.1) is 0 Å². The number of hydrogen-bond acceptors (Lipinski definition) is 5. The summed E-state index contributed by atoms with van der Waals surface area (Å²) >= 11 is 0. The zero-order valence-electron chi connectivity index (χ0n) is 14.7. The molecule has 0 bridgehead atoms. The number of ether oxygens (including phenoxy) is 2. The summed E-state index contributed by atoms with van der Waals surface area (Å²) in [5.41, 5.74) is 2.18. The standard InChI is InChI=1S/C19H21N3O4/c1-13(18(23)21-14-6-8-17(25-2)9-7-14)20-15-4-3-5-16(12-15)22-10-11-26-19(22)24/h3-9,12-13,20H,10-11H2,1-2H3,(H,21,23). The second-order valence-electron chi connectivity index (χ2n) is 5.90. The third-order valence-electron chi connectivity index (χ3n) is 4.05. The van der Waals surface area contributed by atoms with E-state index in [9.17, 15) is 9.59 Å². The smallest absolute Gasteiger partial charge is 0.414 e. The molecule has 1 atom stereocenters.